The van der Waals surface area contributed by atoms with E-state index in [2.05, 4.69) is 6.58 Å². The van der Waals surface area contributed by atoms with E-state index in [1.54, 1.807) is 0 Å². The second-order valence-corrected chi connectivity index (χ2v) is 5.20. The zero-order chi connectivity index (χ0) is 13.1. The number of rotatable bonds is 3. The van der Waals surface area contributed by atoms with Crippen LogP contribution in [0.5, 0.6) is 0 Å². The molecule has 18 heavy (non-hydrogen) atoms. The lowest BCUT2D eigenvalue weighted by Gasteiger charge is -2.43. The van der Waals surface area contributed by atoms with Crippen molar-refractivity contribution in [2.24, 2.45) is 0 Å². The highest BCUT2D eigenvalue weighted by molar-refractivity contribution is 5.08. The van der Waals surface area contributed by atoms with Crippen molar-refractivity contribution in [2.75, 3.05) is 19.8 Å². The van der Waals surface area contributed by atoms with Crippen molar-refractivity contribution in [1.82, 2.24) is 0 Å². The lowest BCUT2D eigenvalue weighted by molar-refractivity contribution is -0.256. The van der Waals surface area contributed by atoms with E-state index < -0.39 is 11.4 Å². The van der Waals surface area contributed by atoms with E-state index in [4.69, 9.17) is 14.2 Å². The third-order valence-electron chi connectivity index (χ3n) is 3.95. The van der Waals surface area contributed by atoms with Crippen molar-refractivity contribution in [1.29, 1.82) is 0 Å². The summed E-state index contributed by atoms with van der Waals surface area (Å²) in [5.74, 6) is 0.00311. The third kappa shape index (κ3) is 2.87. The minimum absolute atomic E-state index is 0.477. The van der Waals surface area contributed by atoms with Crippen LogP contribution in [0.3, 0.4) is 0 Å². The number of hydrogen-bond acceptors (Lipinski definition) is 4. The molecular formula is C14H24O4. The van der Waals surface area contributed by atoms with Crippen molar-refractivity contribution < 1.29 is 19.3 Å². The average molecular weight is 256 g/mol. The molecule has 4 nitrogen and oxygen atoms in total. The highest BCUT2D eigenvalue weighted by Crippen LogP contribution is 2.42. The van der Waals surface area contributed by atoms with E-state index in [0.29, 0.717) is 38.0 Å². The van der Waals surface area contributed by atoms with Gasteiger partial charge in [0.1, 0.15) is 11.4 Å². The molecule has 0 aromatic heterocycles. The Morgan fingerprint density at radius 1 is 1.17 bits per heavy atom. The molecule has 0 aromatic carbocycles. The first-order chi connectivity index (χ1) is 8.60. The minimum atomic E-state index is -0.916. The Hall–Kier alpha value is -0.580. The monoisotopic (exact) mass is 256 g/mol. The predicted octanol–water partition coefficient (Wildman–Crippen LogP) is 2.37. The number of aliphatic hydroxyl groups is 1. The highest BCUT2D eigenvalue weighted by Gasteiger charge is 2.45. The molecule has 1 heterocycles. The van der Waals surface area contributed by atoms with Crippen LogP contribution in [0.1, 0.15) is 45.4 Å². The van der Waals surface area contributed by atoms with Crippen molar-refractivity contribution in [3.05, 3.63) is 12.3 Å². The topological polar surface area (TPSA) is 47.9 Å². The van der Waals surface area contributed by atoms with E-state index in [0.717, 1.165) is 26.1 Å². The van der Waals surface area contributed by atoms with Crippen molar-refractivity contribution >= 4 is 0 Å². The Labute approximate surface area is 109 Å². The molecule has 0 amide bonds. The zero-order valence-electron chi connectivity index (χ0n) is 11.2. The number of hydrogen-bond donors (Lipinski definition) is 1. The Morgan fingerprint density at radius 2 is 1.72 bits per heavy atom. The first kappa shape index (κ1) is 13.8. The van der Waals surface area contributed by atoms with Crippen LogP contribution < -0.4 is 0 Å². The molecule has 1 aliphatic carbocycles. The van der Waals surface area contributed by atoms with E-state index in [-0.39, 0.29) is 0 Å². The largest absolute Gasteiger partial charge is 0.496 e. The second kappa shape index (κ2) is 5.59. The average Bonchev–Trinajstić information content (AvgIpc) is 2.60. The molecule has 0 atom stereocenters. The maximum Gasteiger partial charge on any atom is 0.168 e. The molecule has 0 aromatic rings. The molecule has 2 aliphatic rings. The Kier molecular flexibility index (Phi) is 4.30. The molecule has 1 N–H and O–H groups in total. The smallest absolute Gasteiger partial charge is 0.168 e. The lowest BCUT2D eigenvalue weighted by Crippen LogP contribution is -2.47. The molecule has 1 saturated carbocycles. The van der Waals surface area contributed by atoms with E-state index >= 15 is 0 Å². The molecule has 1 aliphatic heterocycles. The van der Waals surface area contributed by atoms with Gasteiger partial charge in [0, 0.05) is 12.8 Å². The number of ether oxygens (including phenoxy) is 3. The van der Waals surface area contributed by atoms with Gasteiger partial charge in [0.2, 0.25) is 0 Å². The summed E-state index contributed by atoms with van der Waals surface area (Å²) in [5.41, 5.74) is -0.916. The van der Waals surface area contributed by atoms with Crippen molar-refractivity contribution in [3.63, 3.8) is 0 Å². The standard InChI is InChI=1S/C14H24O4/c1-3-16-12(2)13(15)6-8-14(9-7-13)17-10-4-5-11-18-14/h15H,2-11H2,1H3. The Morgan fingerprint density at radius 3 is 2.22 bits per heavy atom. The summed E-state index contributed by atoms with van der Waals surface area (Å²) >= 11 is 0. The fourth-order valence-electron chi connectivity index (χ4n) is 2.68. The molecular weight excluding hydrogens is 232 g/mol. The van der Waals surface area contributed by atoms with Crippen LogP contribution in [0, 0.1) is 0 Å². The first-order valence-corrected chi connectivity index (χ1v) is 6.93. The van der Waals surface area contributed by atoms with E-state index in [1.165, 1.54) is 0 Å². The SMILES string of the molecule is C=C(OCC)C1(O)CCC2(CC1)OCCCCO2. The van der Waals surface area contributed by atoms with Crippen LogP contribution in [-0.4, -0.2) is 36.3 Å². The maximum atomic E-state index is 10.5. The summed E-state index contributed by atoms with van der Waals surface area (Å²) in [7, 11) is 0. The van der Waals surface area contributed by atoms with Gasteiger partial charge in [-0.2, -0.15) is 0 Å². The van der Waals surface area contributed by atoms with E-state index in [1.807, 2.05) is 6.92 Å². The predicted molar refractivity (Wildman–Crippen MR) is 68.1 cm³/mol. The van der Waals surface area contributed by atoms with Gasteiger partial charge in [-0.3, -0.25) is 0 Å². The molecule has 1 spiro atoms. The van der Waals surface area contributed by atoms with Gasteiger partial charge in [0.15, 0.2) is 5.79 Å². The van der Waals surface area contributed by atoms with Gasteiger partial charge in [-0.15, -0.1) is 0 Å². The van der Waals surface area contributed by atoms with Crippen molar-refractivity contribution in [3.8, 4) is 0 Å². The van der Waals surface area contributed by atoms with Gasteiger partial charge in [-0.25, -0.2) is 0 Å². The maximum absolute atomic E-state index is 10.5. The van der Waals surface area contributed by atoms with Crippen LogP contribution in [-0.2, 0) is 14.2 Å². The zero-order valence-corrected chi connectivity index (χ0v) is 11.2. The summed E-state index contributed by atoms with van der Waals surface area (Å²) in [6, 6.07) is 0. The van der Waals surface area contributed by atoms with Crippen LogP contribution in [0.15, 0.2) is 12.3 Å². The minimum Gasteiger partial charge on any atom is -0.496 e. The van der Waals surface area contributed by atoms with Crippen LogP contribution in [0.25, 0.3) is 0 Å². The fraction of sp³-hybridized carbons (Fsp3) is 0.857. The summed E-state index contributed by atoms with van der Waals surface area (Å²) in [6.07, 6.45) is 4.69. The van der Waals surface area contributed by atoms with Crippen LogP contribution >= 0.6 is 0 Å². The molecule has 2 rings (SSSR count). The summed E-state index contributed by atoms with van der Waals surface area (Å²) in [6.45, 7) is 7.79. The molecule has 0 radical (unpaired) electrons. The molecule has 2 fully saturated rings. The van der Waals surface area contributed by atoms with Gasteiger partial charge >= 0.3 is 0 Å². The molecule has 0 bridgehead atoms. The molecule has 104 valence electrons. The Bertz CT molecular complexity index is 282. The quantitative estimate of drug-likeness (QED) is 0.788. The fourth-order valence-corrected chi connectivity index (χ4v) is 2.68. The lowest BCUT2D eigenvalue weighted by atomic mass is 9.80. The first-order valence-electron chi connectivity index (χ1n) is 6.93. The third-order valence-corrected chi connectivity index (χ3v) is 3.95. The summed E-state index contributed by atoms with van der Waals surface area (Å²) in [4.78, 5) is 0. The Balaban J connectivity index is 1.95. The van der Waals surface area contributed by atoms with E-state index in [9.17, 15) is 5.11 Å². The highest BCUT2D eigenvalue weighted by atomic mass is 16.7. The normalized spacial score (nSPS) is 26.6. The van der Waals surface area contributed by atoms with Crippen molar-refractivity contribution in [2.45, 2.75) is 56.8 Å². The molecule has 1 saturated heterocycles. The second-order valence-electron chi connectivity index (χ2n) is 5.20. The van der Waals surface area contributed by atoms with Crippen LogP contribution in [0.4, 0.5) is 0 Å². The van der Waals surface area contributed by atoms with Gasteiger partial charge in [-0.05, 0) is 32.6 Å². The van der Waals surface area contributed by atoms with Gasteiger partial charge < -0.3 is 19.3 Å². The van der Waals surface area contributed by atoms with Gasteiger partial charge in [0.05, 0.1) is 19.8 Å². The summed E-state index contributed by atoms with van der Waals surface area (Å²) < 4.78 is 17.1. The van der Waals surface area contributed by atoms with Gasteiger partial charge in [0.25, 0.3) is 0 Å². The van der Waals surface area contributed by atoms with Crippen LogP contribution in [0.2, 0.25) is 0 Å². The molecule has 4 heteroatoms. The van der Waals surface area contributed by atoms with Gasteiger partial charge in [-0.1, -0.05) is 6.58 Å². The molecule has 0 unspecified atom stereocenters. The summed E-state index contributed by atoms with van der Waals surface area (Å²) in [5, 5.41) is 10.5.